The third kappa shape index (κ3) is 1.81. The molecule has 0 unspecified atom stereocenters. The fourth-order valence-electron chi connectivity index (χ4n) is 1.83. The Morgan fingerprint density at radius 3 is 3.00 bits per heavy atom. The summed E-state index contributed by atoms with van der Waals surface area (Å²) >= 11 is 0. The molecule has 0 atom stereocenters. The van der Waals surface area contributed by atoms with E-state index in [9.17, 15) is 0 Å². The van der Waals surface area contributed by atoms with Crippen LogP contribution in [0.2, 0.25) is 0 Å². The number of hydrogen-bond donors (Lipinski definition) is 2. The Balaban J connectivity index is 2.01. The number of benzene rings is 1. The maximum Gasteiger partial charge on any atom is 0.158 e. The molecular formula is C12H13N5. The van der Waals surface area contributed by atoms with Crippen molar-refractivity contribution in [3.05, 3.63) is 36.8 Å². The number of H-pyrrole nitrogens is 1. The summed E-state index contributed by atoms with van der Waals surface area (Å²) in [6, 6.07) is 7.94. The van der Waals surface area contributed by atoms with Crippen LogP contribution in [0.15, 0.2) is 36.8 Å². The summed E-state index contributed by atoms with van der Waals surface area (Å²) in [6.07, 6.45) is 3.72. The Kier molecular flexibility index (Phi) is 2.38. The zero-order chi connectivity index (χ0) is 11.7. The van der Waals surface area contributed by atoms with Gasteiger partial charge in [-0.05, 0) is 12.1 Å². The van der Waals surface area contributed by atoms with Crippen LogP contribution in [0, 0.1) is 0 Å². The fourth-order valence-corrected chi connectivity index (χ4v) is 1.83. The lowest BCUT2D eigenvalue weighted by Gasteiger charge is -1.94. The Labute approximate surface area is 98.3 Å². The van der Waals surface area contributed by atoms with Crippen molar-refractivity contribution in [2.75, 3.05) is 6.54 Å². The SMILES string of the molecule is NCCn1cnc(-c2nc3ccccc3[nH]2)c1. The number of aromatic amines is 1. The molecule has 5 nitrogen and oxygen atoms in total. The Morgan fingerprint density at radius 1 is 1.29 bits per heavy atom. The van der Waals surface area contributed by atoms with E-state index < -0.39 is 0 Å². The van der Waals surface area contributed by atoms with E-state index >= 15 is 0 Å². The first-order chi connectivity index (χ1) is 8.36. The summed E-state index contributed by atoms with van der Waals surface area (Å²) in [6.45, 7) is 1.38. The minimum absolute atomic E-state index is 0.607. The van der Waals surface area contributed by atoms with Crippen molar-refractivity contribution in [2.45, 2.75) is 6.54 Å². The second kappa shape index (κ2) is 4.03. The highest BCUT2D eigenvalue weighted by Crippen LogP contribution is 2.18. The van der Waals surface area contributed by atoms with Gasteiger partial charge in [0.05, 0.1) is 17.4 Å². The van der Waals surface area contributed by atoms with Crippen LogP contribution < -0.4 is 5.73 Å². The van der Waals surface area contributed by atoms with Gasteiger partial charge < -0.3 is 15.3 Å². The lowest BCUT2D eigenvalue weighted by atomic mass is 10.3. The molecule has 0 aliphatic heterocycles. The number of nitrogens with two attached hydrogens (primary N) is 1. The van der Waals surface area contributed by atoms with Gasteiger partial charge in [0.25, 0.3) is 0 Å². The maximum atomic E-state index is 5.50. The molecular weight excluding hydrogens is 214 g/mol. The number of para-hydroxylation sites is 2. The van der Waals surface area contributed by atoms with E-state index in [1.54, 1.807) is 6.33 Å². The van der Waals surface area contributed by atoms with Crippen molar-refractivity contribution in [1.29, 1.82) is 0 Å². The minimum atomic E-state index is 0.607. The van der Waals surface area contributed by atoms with Crippen LogP contribution >= 0.6 is 0 Å². The molecule has 5 heteroatoms. The van der Waals surface area contributed by atoms with Crippen LogP contribution in [0.3, 0.4) is 0 Å². The molecule has 3 aromatic rings. The monoisotopic (exact) mass is 227 g/mol. The first kappa shape index (κ1) is 10.0. The second-order valence-electron chi connectivity index (χ2n) is 3.89. The molecule has 0 aliphatic rings. The number of hydrogen-bond acceptors (Lipinski definition) is 3. The summed E-state index contributed by atoms with van der Waals surface area (Å²) < 4.78 is 1.96. The summed E-state index contributed by atoms with van der Waals surface area (Å²) in [5, 5.41) is 0. The van der Waals surface area contributed by atoms with Gasteiger partial charge in [-0.3, -0.25) is 0 Å². The molecule has 17 heavy (non-hydrogen) atoms. The van der Waals surface area contributed by atoms with Crippen molar-refractivity contribution >= 4 is 11.0 Å². The maximum absolute atomic E-state index is 5.50. The molecule has 0 spiro atoms. The van der Waals surface area contributed by atoms with Crippen LogP contribution in [0.5, 0.6) is 0 Å². The first-order valence-electron chi connectivity index (χ1n) is 5.54. The number of fused-ring (bicyclic) bond motifs is 1. The van der Waals surface area contributed by atoms with Gasteiger partial charge in [0.15, 0.2) is 5.82 Å². The minimum Gasteiger partial charge on any atom is -0.337 e. The van der Waals surface area contributed by atoms with E-state index in [2.05, 4.69) is 15.0 Å². The largest absolute Gasteiger partial charge is 0.337 e. The molecule has 86 valence electrons. The van der Waals surface area contributed by atoms with E-state index in [1.807, 2.05) is 35.0 Å². The lowest BCUT2D eigenvalue weighted by molar-refractivity contribution is 0.708. The molecule has 0 amide bonds. The molecule has 3 N–H and O–H groups in total. The molecule has 0 radical (unpaired) electrons. The van der Waals surface area contributed by atoms with Gasteiger partial charge in [-0.15, -0.1) is 0 Å². The zero-order valence-corrected chi connectivity index (χ0v) is 9.30. The van der Waals surface area contributed by atoms with E-state index in [4.69, 9.17) is 5.73 Å². The predicted octanol–water partition coefficient (Wildman–Crippen LogP) is 1.39. The van der Waals surface area contributed by atoms with Gasteiger partial charge in [0.1, 0.15) is 5.69 Å². The number of rotatable bonds is 3. The predicted molar refractivity (Wildman–Crippen MR) is 66.4 cm³/mol. The topological polar surface area (TPSA) is 72.5 Å². The standard InChI is InChI=1S/C12H13N5/c13-5-6-17-7-11(14-8-17)12-15-9-3-1-2-4-10(9)16-12/h1-4,7-8H,5-6,13H2,(H,15,16). The summed E-state index contributed by atoms with van der Waals surface area (Å²) in [4.78, 5) is 12.1. The molecule has 1 aromatic carbocycles. The second-order valence-corrected chi connectivity index (χ2v) is 3.89. The lowest BCUT2D eigenvalue weighted by Crippen LogP contribution is -2.07. The van der Waals surface area contributed by atoms with Crippen molar-refractivity contribution in [1.82, 2.24) is 19.5 Å². The smallest absolute Gasteiger partial charge is 0.158 e. The van der Waals surface area contributed by atoms with Gasteiger partial charge in [0, 0.05) is 19.3 Å². The fraction of sp³-hybridized carbons (Fsp3) is 0.167. The first-order valence-corrected chi connectivity index (χ1v) is 5.54. The highest BCUT2D eigenvalue weighted by molar-refractivity contribution is 5.78. The third-order valence-electron chi connectivity index (χ3n) is 2.65. The number of nitrogens with zero attached hydrogens (tertiary/aromatic N) is 3. The van der Waals surface area contributed by atoms with E-state index in [-0.39, 0.29) is 0 Å². The summed E-state index contributed by atoms with van der Waals surface area (Å²) in [7, 11) is 0. The van der Waals surface area contributed by atoms with Crippen LogP contribution in [0.25, 0.3) is 22.6 Å². The van der Waals surface area contributed by atoms with Gasteiger partial charge in [-0.2, -0.15) is 0 Å². The molecule has 3 rings (SSSR count). The van der Waals surface area contributed by atoms with Crippen molar-refractivity contribution < 1.29 is 0 Å². The molecule has 0 fully saturated rings. The normalized spacial score (nSPS) is 11.1. The van der Waals surface area contributed by atoms with Crippen LogP contribution in [0.4, 0.5) is 0 Å². The number of imidazole rings is 2. The zero-order valence-electron chi connectivity index (χ0n) is 9.30. The average molecular weight is 227 g/mol. The number of nitrogens with one attached hydrogen (secondary N) is 1. The quantitative estimate of drug-likeness (QED) is 0.710. The van der Waals surface area contributed by atoms with Crippen molar-refractivity contribution in [3.63, 3.8) is 0 Å². The molecule has 0 bridgehead atoms. The molecule has 0 saturated carbocycles. The molecule has 0 aliphatic carbocycles. The van der Waals surface area contributed by atoms with E-state index in [0.29, 0.717) is 6.54 Å². The highest BCUT2D eigenvalue weighted by atomic mass is 15.1. The van der Waals surface area contributed by atoms with Gasteiger partial charge >= 0.3 is 0 Å². The third-order valence-corrected chi connectivity index (χ3v) is 2.65. The Hall–Kier alpha value is -2.14. The highest BCUT2D eigenvalue weighted by Gasteiger charge is 2.07. The van der Waals surface area contributed by atoms with Crippen LogP contribution in [-0.4, -0.2) is 26.1 Å². The summed E-state index contributed by atoms with van der Waals surface area (Å²) in [5.74, 6) is 0.793. The molecule has 2 heterocycles. The molecule has 0 saturated heterocycles. The Bertz CT molecular complexity index is 604. The molecule has 2 aromatic heterocycles. The van der Waals surface area contributed by atoms with Crippen molar-refractivity contribution in [3.8, 4) is 11.5 Å². The van der Waals surface area contributed by atoms with E-state index in [0.717, 1.165) is 29.1 Å². The Morgan fingerprint density at radius 2 is 2.18 bits per heavy atom. The van der Waals surface area contributed by atoms with Gasteiger partial charge in [-0.1, -0.05) is 12.1 Å². The van der Waals surface area contributed by atoms with Crippen LogP contribution in [0.1, 0.15) is 0 Å². The van der Waals surface area contributed by atoms with Crippen LogP contribution in [-0.2, 0) is 6.54 Å². The van der Waals surface area contributed by atoms with Crippen molar-refractivity contribution in [2.24, 2.45) is 5.73 Å². The van der Waals surface area contributed by atoms with Gasteiger partial charge in [0.2, 0.25) is 0 Å². The van der Waals surface area contributed by atoms with Gasteiger partial charge in [-0.25, -0.2) is 9.97 Å². The number of aromatic nitrogens is 4. The summed E-state index contributed by atoms with van der Waals surface area (Å²) in [5.41, 5.74) is 8.32. The van der Waals surface area contributed by atoms with E-state index in [1.165, 1.54) is 0 Å². The average Bonchev–Trinajstić information content (AvgIpc) is 2.94.